The summed E-state index contributed by atoms with van der Waals surface area (Å²) in [5.74, 6) is 0. The molecule has 10 heavy (non-hydrogen) atoms. The van der Waals surface area contributed by atoms with Crippen LogP contribution in [0.25, 0.3) is 0 Å². The number of hydrogen-bond donors (Lipinski definition) is 1. The van der Waals surface area contributed by atoms with E-state index >= 15 is 0 Å². The Morgan fingerprint density at radius 3 is 3.00 bits per heavy atom. The molecule has 56 valence electrons. The van der Waals surface area contributed by atoms with Crippen molar-refractivity contribution in [1.29, 1.82) is 0 Å². The highest BCUT2D eigenvalue weighted by molar-refractivity contribution is 5.03. The van der Waals surface area contributed by atoms with Gasteiger partial charge in [-0.15, -0.1) is 0 Å². The lowest BCUT2D eigenvalue weighted by atomic mass is 10.1. The van der Waals surface area contributed by atoms with Crippen LogP contribution in [0.3, 0.4) is 0 Å². The summed E-state index contributed by atoms with van der Waals surface area (Å²) in [6.07, 6.45) is -0.809. The molecular weight excluding hydrogens is 136 g/mol. The Balaban J connectivity index is 1.91. The van der Waals surface area contributed by atoms with Crippen molar-refractivity contribution in [3.8, 4) is 0 Å². The highest BCUT2D eigenvalue weighted by atomic mass is 16.8. The molecule has 4 nitrogen and oxygen atoms in total. The van der Waals surface area contributed by atoms with E-state index in [1.165, 1.54) is 0 Å². The van der Waals surface area contributed by atoms with Crippen molar-refractivity contribution in [2.24, 2.45) is 0 Å². The molecule has 0 aromatic carbocycles. The molecule has 3 heterocycles. The number of epoxide rings is 1. The highest BCUT2D eigenvalue weighted by Crippen LogP contribution is 2.41. The van der Waals surface area contributed by atoms with Gasteiger partial charge < -0.3 is 19.3 Å². The molecule has 3 fully saturated rings. The van der Waals surface area contributed by atoms with E-state index in [9.17, 15) is 5.11 Å². The lowest BCUT2D eigenvalue weighted by molar-refractivity contribution is -0.103. The van der Waals surface area contributed by atoms with Gasteiger partial charge in [-0.1, -0.05) is 0 Å². The SMILES string of the molecule is OC1[C@H]2O[C@@H]2C2OC[C@H]1O2. The molecule has 0 radical (unpaired) electrons. The fourth-order valence-corrected chi connectivity index (χ4v) is 1.63. The van der Waals surface area contributed by atoms with Crippen molar-refractivity contribution in [3.05, 3.63) is 0 Å². The maximum Gasteiger partial charge on any atom is 0.187 e. The normalized spacial score (nSPS) is 63.9. The quantitative estimate of drug-likeness (QED) is 0.437. The largest absolute Gasteiger partial charge is 0.387 e. The van der Waals surface area contributed by atoms with Gasteiger partial charge in [0.25, 0.3) is 0 Å². The molecule has 0 aromatic heterocycles. The number of aliphatic hydroxyl groups excluding tert-OH is 1. The molecule has 2 unspecified atom stereocenters. The second-order valence-electron chi connectivity index (χ2n) is 2.93. The van der Waals surface area contributed by atoms with Gasteiger partial charge >= 0.3 is 0 Å². The first-order chi connectivity index (χ1) is 4.86. The second-order valence-corrected chi connectivity index (χ2v) is 2.93. The van der Waals surface area contributed by atoms with E-state index in [4.69, 9.17) is 14.2 Å². The Morgan fingerprint density at radius 2 is 2.10 bits per heavy atom. The summed E-state index contributed by atoms with van der Waals surface area (Å²) in [5, 5.41) is 9.38. The first-order valence-corrected chi connectivity index (χ1v) is 3.47. The summed E-state index contributed by atoms with van der Waals surface area (Å²) >= 11 is 0. The van der Waals surface area contributed by atoms with Crippen molar-refractivity contribution >= 4 is 0 Å². The Morgan fingerprint density at radius 1 is 1.20 bits per heavy atom. The van der Waals surface area contributed by atoms with Crippen molar-refractivity contribution in [3.63, 3.8) is 0 Å². The van der Waals surface area contributed by atoms with Crippen molar-refractivity contribution in [2.75, 3.05) is 6.61 Å². The number of rotatable bonds is 0. The van der Waals surface area contributed by atoms with Crippen LogP contribution in [0.2, 0.25) is 0 Å². The summed E-state index contributed by atoms with van der Waals surface area (Å²) in [6, 6.07) is 0. The number of ether oxygens (including phenoxy) is 3. The molecule has 2 bridgehead atoms. The molecule has 3 saturated heterocycles. The molecular formula is C6H8O4. The fraction of sp³-hybridized carbons (Fsp3) is 1.00. The third-order valence-electron chi connectivity index (χ3n) is 2.28. The molecule has 0 spiro atoms. The van der Waals surface area contributed by atoms with Crippen LogP contribution >= 0.6 is 0 Å². The van der Waals surface area contributed by atoms with Gasteiger partial charge in [-0.3, -0.25) is 0 Å². The van der Waals surface area contributed by atoms with Crippen LogP contribution in [-0.2, 0) is 14.2 Å². The van der Waals surface area contributed by atoms with Gasteiger partial charge in [0.15, 0.2) is 6.29 Å². The minimum absolute atomic E-state index is 0.00810. The predicted molar refractivity (Wildman–Crippen MR) is 29.3 cm³/mol. The molecule has 5 atom stereocenters. The van der Waals surface area contributed by atoms with Crippen LogP contribution in [0, 0.1) is 0 Å². The van der Waals surface area contributed by atoms with Gasteiger partial charge in [-0.2, -0.15) is 0 Å². The Kier molecular flexibility index (Phi) is 0.840. The van der Waals surface area contributed by atoms with Gasteiger partial charge in [-0.05, 0) is 0 Å². The van der Waals surface area contributed by atoms with Gasteiger partial charge in [0.1, 0.15) is 24.4 Å². The molecule has 0 amide bonds. The van der Waals surface area contributed by atoms with Crippen molar-refractivity contribution in [1.82, 2.24) is 0 Å². The lowest BCUT2D eigenvalue weighted by Gasteiger charge is -2.18. The van der Waals surface area contributed by atoms with Gasteiger partial charge in [0.05, 0.1) is 6.61 Å². The van der Waals surface area contributed by atoms with Crippen LogP contribution in [0.5, 0.6) is 0 Å². The van der Waals surface area contributed by atoms with Crippen LogP contribution < -0.4 is 0 Å². The van der Waals surface area contributed by atoms with E-state index in [0.717, 1.165) is 0 Å². The average Bonchev–Trinajstić information content (AvgIpc) is 2.61. The van der Waals surface area contributed by atoms with Crippen molar-refractivity contribution < 1.29 is 19.3 Å². The summed E-state index contributed by atoms with van der Waals surface area (Å²) < 4.78 is 15.6. The molecule has 0 aromatic rings. The summed E-state index contributed by atoms with van der Waals surface area (Å²) in [4.78, 5) is 0. The van der Waals surface area contributed by atoms with E-state index in [0.29, 0.717) is 6.61 Å². The molecule has 3 rings (SSSR count). The summed E-state index contributed by atoms with van der Waals surface area (Å²) in [5.41, 5.74) is 0. The first kappa shape index (κ1) is 5.49. The highest BCUT2D eigenvalue weighted by Gasteiger charge is 2.61. The Labute approximate surface area is 57.7 Å². The smallest absolute Gasteiger partial charge is 0.187 e. The number of fused-ring (bicyclic) bond motifs is 4. The standard InChI is InChI=1S/C6H8O4/c7-3-2-1-8-6(9-2)5-4(3)10-5/h2-7H,1H2/t2-,3?,4-,5+,6?/m1/s1. The zero-order valence-corrected chi connectivity index (χ0v) is 5.27. The number of hydrogen-bond acceptors (Lipinski definition) is 4. The fourth-order valence-electron chi connectivity index (χ4n) is 1.63. The van der Waals surface area contributed by atoms with Crippen LogP contribution in [0.4, 0.5) is 0 Å². The minimum atomic E-state index is -0.469. The third-order valence-corrected chi connectivity index (χ3v) is 2.28. The van der Waals surface area contributed by atoms with Crippen LogP contribution in [0.1, 0.15) is 0 Å². The lowest BCUT2D eigenvalue weighted by Crippen LogP contribution is -2.39. The average molecular weight is 144 g/mol. The number of aliphatic hydroxyl groups is 1. The second kappa shape index (κ2) is 1.53. The van der Waals surface area contributed by atoms with E-state index in [1.807, 2.05) is 0 Å². The topological polar surface area (TPSA) is 51.2 Å². The maximum absolute atomic E-state index is 9.38. The maximum atomic E-state index is 9.38. The van der Waals surface area contributed by atoms with E-state index < -0.39 is 6.10 Å². The molecule has 4 heteroatoms. The Bertz CT molecular complexity index is 169. The molecule has 1 N–H and O–H groups in total. The predicted octanol–water partition coefficient (Wildman–Crippen LogP) is -1.13. The third kappa shape index (κ3) is 0.509. The van der Waals surface area contributed by atoms with Crippen LogP contribution in [0.15, 0.2) is 0 Å². The van der Waals surface area contributed by atoms with Gasteiger partial charge in [0, 0.05) is 0 Å². The minimum Gasteiger partial charge on any atom is -0.387 e. The van der Waals surface area contributed by atoms with E-state index in [1.54, 1.807) is 0 Å². The molecule has 3 aliphatic heterocycles. The first-order valence-electron chi connectivity index (χ1n) is 3.47. The summed E-state index contributed by atoms with van der Waals surface area (Å²) in [7, 11) is 0. The van der Waals surface area contributed by atoms with E-state index in [-0.39, 0.29) is 24.6 Å². The molecule has 0 saturated carbocycles. The van der Waals surface area contributed by atoms with Gasteiger partial charge in [-0.25, -0.2) is 0 Å². The van der Waals surface area contributed by atoms with Crippen molar-refractivity contribution in [2.45, 2.75) is 30.7 Å². The van der Waals surface area contributed by atoms with E-state index in [2.05, 4.69) is 0 Å². The molecule has 0 aliphatic carbocycles. The van der Waals surface area contributed by atoms with Crippen LogP contribution in [-0.4, -0.2) is 42.4 Å². The Hall–Kier alpha value is -0.160. The zero-order chi connectivity index (χ0) is 6.72. The zero-order valence-electron chi connectivity index (χ0n) is 5.27. The van der Waals surface area contributed by atoms with Gasteiger partial charge in [0.2, 0.25) is 0 Å². The summed E-state index contributed by atoms with van der Waals surface area (Å²) in [6.45, 7) is 0.516. The molecule has 3 aliphatic rings. The monoisotopic (exact) mass is 144 g/mol.